The van der Waals surface area contributed by atoms with E-state index < -0.39 is 5.54 Å². The van der Waals surface area contributed by atoms with Gasteiger partial charge in [-0.05, 0) is 13.8 Å². The Balaban J connectivity index is 2.72. The minimum absolute atomic E-state index is 0.360. The number of anilines is 2. The molecule has 0 aliphatic rings. The fraction of sp³-hybridized carbons (Fsp3) is 0.556. The maximum Gasteiger partial charge on any atom is 0.228 e. The maximum absolute atomic E-state index is 8.85. The summed E-state index contributed by atoms with van der Waals surface area (Å²) in [6, 6.07) is 2.10. The van der Waals surface area contributed by atoms with Crippen molar-refractivity contribution in [3.8, 4) is 6.07 Å². The smallest absolute Gasteiger partial charge is 0.228 e. The van der Waals surface area contributed by atoms with Crippen LogP contribution in [0.2, 0.25) is 0 Å². The van der Waals surface area contributed by atoms with Crippen molar-refractivity contribution < 1.29 is 0 Å². The number of halogens is 1. The molecule has 86 valence electrons. The molecule has 6 nitrogen and oxygen atoms in total. The van der Waals surface area contributed by atoms with E-state index in [0.717, 1.165) is 0 Å². The lowest BCUT2D eigenvalue weighted by molar-refractivity contribution is 0.715. The molecule has 0 bridgehead atoms. The van der Waals surface area contributed by atoms with Crippen LogP contribution in [-0.2, 0) is 0 Å². The largest absolute Gasteiger partial charge is 0.353 e. The van der Waals surface area contributed by atoms with Crippen LogP contribution in [0.1, 0.15) is 13.8 Å². The van der Waals surface area contributed by atoms with Crippen LogP contribution in [0.15, 0.2) is 6.33 Å². The van der Waals surface area contributed by atoms with Gasteiger partial charge >= 0.3 is 0 Å². The molecule has 2 N–H and O–H groups in total. The summed E-state index contributed by atoms with van der Waals surface area (Å²) in [5.41, 5.74) is -0.717. The van der Waals surface area contributed by atoms with Crippen molar-refractivity contribution in [1.29, 1.82) is 5.26 Å². The minimum Gasteiger partial charge on any atom is -0.353 e. The van der Waals surface area contributed by atoms with Crippen LogP contribution in [0.25, 0.3) is 0 Å². The van der Waals surface area contributed by atoms with Gasteiger partial charge in [0, 0.05) is 12.4 Å². The summed E-state index contributed by atoms with van der Waals surface area (Å²) < 4.78 is 0. The molecule has 0 spiro atoms. The van der Waals surface area contributed by atoms with Gasteiger partial charge < -0.3 is 10.6 Å². The first-order chi connectivity index (χ1) is 7.57. The average molecular weight is 241 g/mol. The lowest BCUT2D eigenvalue weighted by Crippen LogP contribution is -2.29. The third kappa shape index (κ3) is 3.87. The fourth-order valence-corrected chi connectivity index (χ4v) is 1.00. The average Bonchev–Trinajstić information content (AvgIpc) is 2.26. The summed E-state index contributed by atoms with van der Waals surface area (Å²) in [4.78, 5) is 11.9. The molecule has 16 heavy (non-hydrogen) atoms. The van der Waals surface area contributed by atoms with Gasteiger partial charge in [0.1, 0.15) is 11.9 Å². The van der Waals surface area contributed by atoms with E-state index in [1.807, 2.05) is 0 Å². The molecule has 0 aromatic carbocycles. The predicted octanol–water partition coefficient (Wildman–Crippen LogP) is 1.24. The highest BCUT2D eigenvalue weighted by Crippen LogP contribution is 2.09. The lowest BCUT2D eigenvalue weighted by atomic mass is 10.1. The van der Waals surface area contributed by atoms with E-state index in [0.29, 0.717) is 24.3 Å². The minimum atomic E-state index is -0.717. The molecule has 0 aliphatic heterocycles. The van der Waals surface area contributed by atoms with Crippen molar-refractivity contribution in [3.05, 3.63) is 6.33 Å². The second-order valence-corrected chi connectivity index (χ2v) is 3.99. The molecule has 0 unspecified atom stereocenters. The van der Waals surface area contributed by atoms with E-state index in [-0.39, 0.29) is 0 Å². The Morgan fingerprint density at radius 3 is 2.75 bits per heavy atom. The summed E-state index contributed by atoms with van der Waals surface area (Å²) in [6.07, 6.45) is 1.37. The van der Waals surface area contributed by atoms with Crippen molar-refractivity contribution in [1.82, 2.24) is 15.0 Å². The van der Waals surface area contributed by atoms with Gasteiger partial charge in [-0.2, -0.15) is 10.2 Å². The monoisotopic (exact) mass is 240 g/mol. The molecule has 1 heterocycles. The molecule has 0 saturated heterocycles. The van der Waals surface area contributed by atoms with Gasteiger partial charge in [-0.1, -0.05) is 0 Å². The summed E-state index contributed by atoms with van der Waals surface area (Å²) in [7, 11) is 0. The Bertz CT molecular complexity index is 386. The van der Waals surface area contributed by atoms with E-state index >= 15 is 0 Å². The Labute approximate surface area is 99.1 Å². The number of alkyl halides is 1. The zero-order valence-corrected chi connectivity index (χ0v) is 9.91. The van der Waals surface area contributed by atoms with Gasteiger partial charge in [0.05, 0.1) is 6.07 Å². The third-order valence-electron chi connectivity index (χ3n) is 1.65. The molecular formula is C9H13ClN6. The summed E-state index contributed by atoms with van der Waals surface area (Å²) in [5.74, 6) is 1.27. The van der Waals surface area contributed by atoms with Crippen LogP contribution in [0.4, 0.5) is 11.9 Å². The van der Waals surface area contributed by atoms with Gasteiger partial charge in [0.2, 0.25) is 11.9 Å². The number of nitriles is 1. The Morgan fingerprint density at radius 2 is 2.12 bits per heavy atom. The zero-order chi connectivity index (χ0) is 12.0. The van der Waals surface area contributed by atoms with Crippen LogP contribution >= 0.6 is 11.6 Å². The molecule has 0 atom stereocenters. The lowest BCUT2D eigenvalue weighted by Gasteiger charge is -2.17. The highest BCUT2D eigenvalue weighted by atomic mass is 35.5. The summed E-state index contributed by atoms with van der Waals surface area (Å²) in [6.45, 7) is 4.05. The fourth-order valence-electron chi connectivity index (χ4n) is 0.908. The number of rotatable bonds is 5. The quantitative estimate of drug-likeness (QED) is 0.753. The van der Waals surface area contributed by atoms with Crippen molar-refractivity contribution >= 4 is 23.5 Å². The van der Waals surface area contributed by atoms with Gasteiger partial charge in [-0.3, -0.25) is 0 Å². The molecule has 1 aromatic rings. The normalized spacial score (nSPS) is 10.6. The van der Waals surface area contributed by atoms with Crippen LogP contribution in [0.3, 0.4) is 0 Å². The molecule has 0 fully saturated rings. The molecule has 0 radical (unpaired) electrons. The molecular weight excluding hydrogens is 228 g/mol. The van der Waals surface area contributed by atoms with Crippen LogP contribution in [0.5, 0.6) is 0 Å². The number of nitrogens with zero attached hydrogens (tertiary/aromatic N) is 4. The van der Waals surface area contributed by atoms with Crippen molar-refractivity contribution in [3.63, 3.8) is 0 Å². The van der Waals surface area contributed by atoms with Crippen LogP contribution < -0.4 is 10.6 Å². The van der Waals surface area contributed by atoms with E-state index in [1.165, 1.54) is 6.33 Å². The Hall–Kier alpha value is -1.61. The number of nitrogens with one attached hydrogen (secondary N) is 2. The molecule has 1 aromatic heterocycles. The van der Waals surface area contributed by atoms with Crippen LogP contribution in [-0.4, -0.2) is 32.9 Å². The predicted molar refractivity (Wildman–Crippen MR) is 62.4 cm³/mol. The van der Waals surface area contributed by atoms with E-state index in [2.05, 4.69) is 31.7 Å². The SMILES string of the molecule is CC(C)(C#N)Nc1ncnc(NCCCl)n1. The standard InChI is InChI=1S/C9H13ClN6/c1-9(2,5-11)16-8-14-6-13-7(15-8)12-4-3-10/h6H,3-4H2,1-2H3,(H2,12,13,14,15,16). The molecule has 0 saturated carbocycles. The highest BCUT2D eigenvalue weighted by molar-refractivity contribution is 6.18. The van der Waals surface area contributed by atoms with E-state index in [9.17, 15) is 0 Å². The topological polar surface area (TPSA) is 86.5 Å². The van der Waals surface area contributed by atoms with Gasteiger partial charge in [-0.25, -0.2) is 9.97 Å². The van der Waals surface area contributed by atoms with Crippen molar-refractivity contribution in [2.45, 2.75) is 19.4 Å². The van der Waals surface area contributed by atoms with Crippen molar-refractivity contribution in [2.75, 3.05) is 23.1 Å². The van der Waals surface area contributed by atoms with E-state index in [1.54, 1.807) is 13.8 Å². The third-order valence-corrected chi connectivity index (χ3v) is 1.84. The number of aromatic nitrogens is 3. The Morgan fingerprint density at radius 1 is 1.44 bits per heavy atom. The first-order valence-corrected chi connectivity index (χ1v) is 5.29. The Kier molecular flexibility index (Phi) is 4.26. The van der Waals surface area contributed by atoms with Crippen LogP contribution in [0, 0.1) is 11.3 Å². The van der Waals surface area contributed by atoms with E-state index in [4.69, 9.17) is 16.9 Å². The first-order valence-electron chi connectivity index (χ1n) is 4.76. The van der Waals surface area contributed by atoms with Gasteiger partial charge in [0.25, 0.3) is 0 Å². The number of hydrogen-bond donors (Lipinski definition) is 2. The maximum atomic E-state index is 8.85. The molecule has 0 aliphatic carbocycles. The van der Waals surface area contributed by atoms with Crippen molar-refractivity contribution in [2.24, 2.45) is 0 Å². The zero-order valence-electron chi connectivity index (χ0n) is 9.16. The van der Waals surface area contributed by atoms with Gasteiger partial charge in [-0.15, -0.1) is 11.6 Å². The first kappa shape index (κ1) is 12.5. The number of hydrogen-bond acceptors (Lipinski definition) is 6. The molecule has 7 heteroatoms. The molecule has 1 rings (SSSR count). The summed E-state index contributed by atoms with van der Waals surface area (Å²) >= 11 is 5.53. The van der Waals surface area contributed by atoms with Gasteiger partial charge in [0.15, 0.2) is 0 Å². The molecule has 0 amide bonds. The second-order valence-electron chi connectivity index (χ2n) is 3.61. The summed E-state index contributed by atoms with van der Waals surface area (Å²) in [5, 5.41) is 14.7. The second kappa shape index (κ2) is 5.47. The highest BCUT2D eigenvalue weighted by Gasteiger charge is 2.17.